The van der Waals surface area contributed by atoms with E-state index < -0.39 is 0 Å². The molecule has 0 unspecified atom stereocenters. The molecule has 1 heterocycles. The lowest BCUT2D eigenvalue weighted by Crippen LogP contribution is -2.15. The van der Waals surface area contributed by atoms with Crippen LogP contribution in [-0.4, -0.2) is 42.3 Å². The first-order valence-corrected chi connectivity index (χ1v) is 8.21. The minimum Gasteiger partial charge on any atom is -0.494 e. The molecule has 4 nitrogen and oxygen atoms in total. The maximum Gasteiger partial charge on any atom is 0.119 e. The second-order valence-electron chi connectivity index (χ2n) is 6.06. The van der Waals surface area contributed by atoms with E-state index in [4.69, 9.17) is 4.74 Å². The molecule has 0 aliphatic heterocycles. The number of H-pyrrole nitrogens is 1. The van der Waals surface area contributed by atoms with Crippen LogP contribution in [-0.2, 0) is 0 Å². The molecular weight excluding hydrogens is 334 g/mol. The number of nitrogens with zero attached hydrogens (tertiary/aromatic N) is 2. The quantitative estimate of drug-likeness (QED) is 0.633. The molecule has 0 saturated heterocycles. The Bertz CT molecular complexity index is 809. The Balaban J connectivity index is 0.00000225. The molecule has 2 aromatic carbocycles. The summed E-state index contributed by atoms with van der Waals surface area (Å²) < 4.78 is 5.75. The summed E-state index contributed by atoms with van der Waals surface area (Å²) >= 11 is 0. The van der Waals surface area contributed by atoms with Gasteiger partial charge < -0.3 is 9.64 Å². The highest BCUT2D eigenvalue weighted by Crippen LogP contribution is 2.18. The summed E-state index contributed by atoms with van der Waals surface area (Å²) in [6, 6.07) is 16.3. The molecule has 0 saturated carbocycles. The first-order valence-electron chi connectivity index (χ1n) is 8.21. The van der Waals surface area contributed by atoms with E-state index in [0.29, 0.717) is 0 Å². The predicted octanol–water partition coefficient (Wildman–Crippen LogP) is 4.49. The van der Waals surface area contributed by atoms with Gasteiger partial charge in [0.2, 0.25) is 0 Å². The molecule has 0 bridgehead atoms. The molecule has 3 rings (SSSR count). The van der Waals surface area contributed by atoms with Crippen LogP contribution in [0, 0.1) is 0 Å². The summed E-state index contributed by atoms with van der Waals surface area (Å²) in [5.41, 5.74) is 3.14. The van der Waals surface area contributed by atoms with Gasteiger partial charge in [0.25, 0.3) is 0 Å². The van der Waals surface area contributed by atoms with Crippen LogP contribution in [0.5, 0.6) is 5.75 Å². The number of aromatic nitrogens is 2. The van der Waals surface area contributed by atoms with Crippen molar-refractivity contribution >= 4 is 35.5 Å². The lowest BCUT2D eigenvalue weighted by atomic mass is 10.1. The Hall–Kier alpha value is -2.30. The zero-order chi connectivity index (χ0) is 16.8. The summed E-state index contributed by atoms with van der Waals surface area (Å²) in [7, 11) is 4.15. The molecule has 0 fully saturated rings. The van der Waals surface area contributed by atoms with E-state index in [1.807, 2.05) is 36.4 Å². The van der Waals surface area contributed by atoms with Gasteiger partial charge in [-0.1, -0.05) is 36.4 Å². The van der Waals surface area contributed by atoms with Crippen LogP contribution in [0.25, 0.3) is 23.1 Å². The fraction of sp³-hybridized carbons (Fsp3) is 0.250. The number of benzene rings is 2. The van der Waals surface area contributed by atoms with Crippen molar-refractivity contribution in [3.63, 3.8) is 0 Å². The standard InChI is InChI=1S/C20H23N3O.ClH/c1-23(2)14-5-15-24-17-11-8-16(9-12-17)10-13-20-18-6-3-4-7-19(18)21-22-20;/h3-4,6-13H,5,14-15H2,1-2H3,(H,21,22);1H/b13-10+;. The molecule has 0 aliphatic rings. The average Bonchev–Trinajstić information content (AvgIpc) is 3.01. The first-order chi connectivity index (χ1) is 11.7. The van der Waals surface area contributed by atoms with Crippen molar-refractivity contribution in [1.82, 2.24) is 15.1 Å². The lowest BCUT2D eigenvalue weighted by molar-refractivity contribution is 0.281. The van der Waals surface area contributed by atoms with E-state index in [0.717, 1.165) is 47.5 Å². The van der Waals surface area contributed by atoms with Crippen LogP contribution in [0.1, 0.15) is 17.7 Å². The van der Waals surface area contributed by atoms with Crippen LogP contribution < -0.4 is 4.74 Å². The Morgan fingerprint density at radius 1 is 1.04 bits per heavy atom. The number of aromatic amines is 1. The smallest absolute Gasteiger partial charge is 0.119 e. The average molecular weight is 358 g/mol. The lowest BCUT2D eigenvalue weighted by Gasteiger charge is -2.10. The highest BCUT2D eigenvalue weighted by molar-refractivity contribution is 5.89. The number of rotatable bonds is 7. The zero-order valence-electron chi connectivity index (χ0n) is 14.6. The van der Waals surface area contributed by atoms with Crippen LogP contribution in [0.2, 0.25) is 0 Å². The van der Waals surface area contributed by atoms with Crippen molar-refractivity contribution in [1.29, 1.82) is 0 Å². The van der Waals surface area contributed by atoms with E-state index in [2.05, 4.69) is 53.5 Å². The molecule has 1 N–H and O–H groups in total. The van der Waals surface area contributed by atoms with Crippen LogP contribution in [0.15, 0.2) is 48.5 Å². The maximum absolute atomic E-state index is 5.75. The van der Waals surface area contributed by atoms with Crippen molar-refractivity contribution in [3.8, 4) is 5.75 Å². The molecule has 0 amide bonds. The molecule has 0 aliphatic carbocycles. The van der Waals surface area contributed by atoms with Crippen LogP contribution in [0.4, 0.5) is 0 Å². The number of fused-ring (bicyclic) bond motifs is 1. The first kappa shape index (κ1) is 19.0. The molecule has 0 radical (unpaired) electrons. The number of hydrogen-bond acceptors (Lipinski definition) is 3. The van der Waals surface area contributed by atoms with Gasteiger partial charge in [-0.2, -0.15) is 5.10 Å². The fourth-order valence-corrected chi connectivity index (χ4v) is 2.53. The van der Waals surface area contributed by atoms with Crippen molar-refractivity contribution in [2.75, 3.05) is 27.2 Å². The largest absolute Gasteiger partial charge is 0.494 e. The fourth-order valence-electron chi connectivity index (χ4n) is 2.53. The van der Waals surface area contributed by atoms with Gasteiger partial charge in [0, 0.05) is 11.9 Å². The Labute approximate surface area is 154 Å². The van der Waals surface area contributed by atoms with E-state index in [-0.39, 0.29) is 12.4 Å². The van der Waals surface area contributed by atoms with Crippen molar-refractivity contribution in [2.45, 2.75) is 6.42 Å². The number of nitrogens with one attached hydrogen (secondary N) is 1. The molecule has 3 aromatic rings. The summed E-state index contributed by atoms with van der Waals surface area (Å²) in [6.45, 7) is 1.78. The molecule has 0 spiro atoms. The predicted molar refractivity (Wildman–Crippen MR) is 107 cm³/mol. The minimum atomic E-state index is 0. The third kappa shape index (κ3) is 5.34. The van der Waals surface area contributed by atoms with Gasteiger partial charge in [0.15, 0.2) is 0 Å². The molecule has 5 heteroatoms. The molecule has 0 atom stereocenters. The van der Waals surface area contributed by atoms with Gasteiger partial charge in [0.05, 0.1) is 17.8 Å². The summed E-state index contributed by atoms with van der Waals surface area (Å²) in [5, 5.41) is 8.53. The van der Waals surface area contributed by atoms with Gasteiger partial charge in [0.1, 0.15) is 5.75 Å². The van der Waals surface area contributed by atoms with Gasteiger partial charge >= 0.3 is 0 Å². The topological polar surface area (TPSA) is 41.1 Å². The summed E-state index contributed by atoms with van der Waals surface area (Å²) in [4.78, 5) is 2.16. The normalized spacial score (nSPS) is 11.2. The molecular formula is C20H24ClN3O. The highest BCUT2D eigenvalue weighted by Gasteiger charge is 2.01. The van der Waals surface area contributed by atoms with Gasteiger partial charge in [-0.25, -0.2) is 0 Å². The Morgan fingerprint density at radius 3 is 2.56 bits per heavy atom. The number of hydrogen-bond donors (Lipinski definition) is 1. The minimum absolute atomic E-state index is 0. The second kappa shape index (κ2) is 9.25. The van der Waals surface area contributed by atoms with Crippen molar-refractivity contribution in [3.05, 3.63) is 59.8 Å². The van der Waals surface area contributed by atoms with Gasteiger partial charge in [-0.3, -0.25) is 5.10 Å². The van der Waals surface area contributed by atoms with E-state index in [1.54, 1.807) is 0 Å². The summed E-state index contributed by atoms with van der Waals surface area (Å²) in [6.07, 6.45) is 5.13. The van der Waals surface area contributed by atoms with E-state index >= 15 is 0 Å². The SMILES string of the molecule is CN(C)CCCOc1ccc(/C=C/c2n[nH]c3ccccc23)cc1.Cl. The van der Waals surface area contributed by atoms with Crippen molar-refractivity contribution < 1.29 is 4.74 Å². The third-order valence-electron chi connectivity index (χ3n) is 3.83. The number of halogens is 1. The molecule has 25 heavy (non-hydrogen) atoms. The van der Waals surface area contributed by atoms with E-state index in [9.17, 15) is 0 Å². The zero-order valence-corrected chi connectivity index (χ0v) is 15.4. The Morgan fingerprint density at radius 2 is 1.80 bits per heavy atom. The highest BCUT2D eigenvalue weighted by atomic mass is 35.5. The monoisotopic (exact) mass is 357 g/mol. The number of ether oxygens (including phenoxy) is 1. The van der Waals surface area contributed by atoms with Crippen LogP contribution >= 0.6 is 12.4 Å². The molecule has 132 valence electrons. The number of para-hydroxylation sites is 1. The molecule has 1 aromatic heterocycles. The van der Waals surface area contributed by atoms with E-state index in [1.165, 1.54) is 0 Å². The Kier molecular flexibility index (Phi) is 7.04. The van der Waals surface area contributed by atoms with Gasteiger partial charge in [-0.05, 0) is 50.4 Å². The maximum atomic E-state index is 5.75. The second-order valence-corrected chi connectivity index (χ2v) is 6.06. The van der Waals surface area contributed by atoms with Crippen LogP contribution in [0.3, 0.4) is 0 Å². The summed E-state index contributed by atoms with van der Waals surface area (Å²) in [5.74, 6) is 0.913. The van der Waals surface area contributed by atoms with Gasteiger partial charge in [-0.15, -0.1) is 12.4 Å². The van der Waals surface area contributed by atoms with Crippen molar-refractivity contribution in [2.24, 2.45) is 0 Å². The third-order valence-corrected chi connectivity index (χ3v) is 3.83.